The Labute approximate surface area is 97.3 Å². The van der Waals surface area contributed by atoms with Crippen molar-refractivity contribution in [2.75, 3.05) is 0 Å². The molecule has 0 aliphatic heterocycles. The van der Waals surface area contributed by atoms with Gasteiger partial charge in [0.15, 0.2) is 0 Å². The van der Waals surface area contributed by atoms with Crippen LogP contribution < -0.4 is 0 Å². The van der Waals surface area contributed by atoms with Crippen molar-refractivity contribution in [2.45, 2.75) is 9.79 Å². The molecule has 79 valence electrons. The Morgan fingerprint density at radius 1 is 1.12 bits per heavy atom. The van der Waals surface area contributed by atoms with E-state index in [1.54, 1.807) is 30.3 Å². The van der Waals surface area contributed by atoms with Crippen LogP contribution >= 0.6 is 11.8 Å². The van der Waals surface area contributed by atoms with Crippen LogP contribution in [0.15, 0.2) is 58.3 Å². The van der Waals surface area contributed by atoms with Crippen molar-refractivity contribution in [3.63, 3.8) is 0 Å². The summed E-state index contributed by atoms with van der Waals surface area (Å²) in [5, 5.41) is 10.8. The zero-order valence-corrected chi connectivity index (χ0v) is 9.11. The molecule has 0 unspecified atom stereocenters. The van der Waals surface area contributed by atoms with Crippen LogP contribution in [-0.4, -0.2) is 4.92 Å². The molecule has 0 aromatic heterocycles. The first-order valence-electron chi connectivity index (χ1n) is 4.65. The van der Waals surface area contributed by atoms with Crippen LogP contribution in [0.4, 0.5) is 5.69 Å². The highest BCUT2D eigenvalue weighted by molar-refractivity contribution is 7.99. The number of para-hydroxylation sites is 1. The quantitative estimate of drug-likeness (QED) is 0.598. The largest absolute Gasteiger partial charge is 0.283 e. The van der Waals surface area contributed by atoms with Crippen molar-refractivity contribution in [1.82, 2.24) is 0 Å². The Kier molecular flexibility index (Phi) is 3.22. The van der Waals surface area contributed by atoms with Crippen molar-refractivity contribution in [3.8, 4) is 0 Å². The lowest BCUT2D eigenvalue weighted by Gasteiger charge is -2.01. The molecule has 0 saturated heterocycles. The van der Waals surface area contributed by atoms with Gasteiger partial charge in [0.1, 0.15) is 0 Å². The second kappa shape index (κ2) is 4.81. The first-order valence-corrected chi connectivity index (χ1v) is 5.46. The first-order chi connectivity index (χ1) is 7.77. The second-order valence-electron chi connectivity index (χ2n) is 3.06. The van der Waals surface area contributed by atoms with Gasteiger partial charge in [0.25, 0.3) is 5.69 Å². The Morgan fingerprint density at radius 3 is 2.50 bits per heavy atom. The summed E-state index contributed by atoms with van der Waals surface area (Å²) < 4.78 is 0. The average Bonchev–Trinajstić information content (AvgIpc) is 2.31. The van der Waals surface area contributed by atoms with Crippen molar-refractivity contribution in [2.24, 2.45) is 0 Å². The highest BCUT2D eigenvalue weighted by Crippen LogP contribution is 2.33. The molecular weight excluding hydrogens is 222 g/mol. The minimum Gasteiger partial charge on any atom is -0.258 e. The van der Waals surface area contributed by atoms with Gasteiger partial charge < -0.3 is 0 Å². The number of rotatable bonds is 3. The minimum atomic E-state index is -0.364. The smallest absolute Gasteiger partial charge is 0.258 e. The molecule has 16 heavy (non-hydrogen) atoms. The van der Waals surface area contributed by atoms with Crippen LogP contribution in [0.25, 0.3) is 0 Å². The maximum absolute atomic E-state index is 10.8. The van der Waals surface area contributed by atoms with Crippen LogP contribution in [0, 0.1) is 16.2 Å². The van der Waals surface area contributed by atoms with E-state index in [2.05, 4.69) is 6.07 Å². The van der Waals surface area contributed by atoms with E-state index in [9.17, 15) is 10.1 Å². The van der Waals surface area contributed by atoms with Crippen molar-refractivity contribution >= 4 is 17.4 Å². The molecule has 2 aromatic rings. The molecule has 0 fully saturated rings. The predicted octanol–water partition coefficient (Wildman–Crippen LogP) is 3.55. The number of nitro groups is 1. The molecule has 0 atom stereocenters. The SMILES string of the molecule is O=[N+]([O-])c1ccccc1Sc1cc[c]cc1. The molecule has 0 amide bonds. The van der Waals surface area contributed by atoms with Crippen LogP contribution in [0.5, 0.6) is 0 Å². The molecule has 1 radical (unpaired) electrons. The minimum absolute atomic E-state index is 0.139. The molecule has 0 heterocycles. The third kappa shape index (κ3) is 2.41. The van der Waals surface area contributed by atoms with Gasteiger partial charge in [0.2, 0.25) is 0 Å². The Morgan fingerprint density at radius 2 is 1.81 bits per heavy atom. The normalized spacial score (nSPS) is 10.0. The molecule has 0 N–H and O–H groups in total. The molecule has 0 aliphatic rings. The molecule has 2 aromatic carbocycles. The Bertz CT molecular complexity index is 499. The Hall–Kier alpha value is -1.81. The highest BCUT2D eigenvalue weighted by atomic mass is 32.2. The molecule has 2 rings (SSSR count). The second-order valence-corrected chi connectivity index (χ2v) is 4.18. The molecule has 3 nitrogen and oxygen atoms in total. The molecule has 0 saturated carbocycles. The van der Waals surface area contributed by atoms with E-state index in [1.807, 2.05) is 12.1 Å². The Balaban J connectivity index is 2.31. The average molecular weight is 230 g/mol. The highest BCUT2D eigenvalue weighted by Gasteiger charge is 2.12. The summed E-state index contributed by atoms with van der Waals surface area (Å²) in [5.41, 5.74) is 0.139. The van der Waals surface area contributed by atoms with Gasteiger partial charge in [0.05, 0.1) is 9.82 Å². The molecule has 0 bridgehead atoms. The molecular formula is C12H8NO2S. The third-order valence-electron chi connectivity index (χ3n) is 1.98. The van der Waals surface area contributed by atoms with Crippen LogP contribution in [-0.2, 0) is 0 Å². The van der Waals surface area contributed by atoms with Gasteiger partial charge in [-0.25, -0.2) is 0 Å². The summed E-state index contributed by atoms with van der Waals surface area (Å²) in [6.07, 6.45) is 0. The summed E-state index contributed by atoms with van der Waals surface area (Å²) in [7, 11) is 0. The van der Waals surface area contributed by atoms with Crippen LogP contribution in [0.2, 0.25) is 0 Å². The topological polar surface area (TPSA) is 43.1 Å². The zero-order valence-electron chi connectivity index (χ0n) is 8.29. The van der Waals surface area contributed by atoms with E-state index < -0.39 is 0 Å². The third-order valence-corrected chi connectivity index (χ3v) is 3.05. The number of nitrogens with zero attached hydrogens (tertiary/aromatic N) is 1. The van der Waals surface area contributed by atoms with Gasteiger partial charge in [0, 0.05) is 11.0 Å². The summed E-state index contributed by atoms with van der Waals surface area (Å²) in [5.74, 6) is 0. The van der Waals surface area contributed by atoms with Crippen LogP contribution in [0.1, 0.15) is 0 Å². The van der Waals surface area contributed by atoms with Gasteiger partial charge in [-0.15, -0.1) is 0 Å². The fourth-order valence-corrected chi connectivity index (χ4v) is 2.18. The van der Waals surface area contributed by atoms with Gasteiger partial charge in [-0.1, -0.05) is 36.0 Å². The van der Waals surface area contributed by atoms with E-state index in [-0.39, 0.29) is 10.6 Å². The number of hydrogen-bond acceptors (Lipinski definition) is 3. The van der Waals surface area contributed by atoms with Crippen molar-refractivity contribution in [3.05, 3.63) is 64.7 Å². The summed E-state index contributed by atoms with van der Waals surface area (Å²) in [6.45, 7) is 0. The lowest BCUT2D eigenvalue weighted by molar-refractivity contribution is -0.387. The summed E-state index contributed by atoms with van der Waals surface area (Å²) in [4.78, 5) is 12.1. The molecule has 0 aliphatic carbocycles. The van der Waals surface area contributed by atoms with Gasteiger partial charge in [-0.05, 0) is 24.3 Å². The molecule has 0 spiro atoms. The van der Waals surface area contributed by atoms with E-state index >= 15 is 0 Å². The lowest BCUT2D eigenvalue weighted by atomic mass is 10.3. The predicted molar refractivity (Wildman–Crippen MR) is 62.5 cm³/mol. The van der Waals surface area contributed by atoms with E-state index in [1.165, 1.54) is 17.8 Å². The number of benzene rings is 2. The lowest BCUT2D eigenvalue weighted by Crippen LogP contribution is -1.89. The number of hydrogen-bond donors (Lipinski definition) is 0. The summed E-state index contributed by atoms with van der Waals surface area (Å²) >= 11 is 1.38. The maximum Gasteiger partial charge on any atom is 0.283 e. The van der Waals surface area contributed by atoms with E-state index in [0.717, 1.165) is 4.90 Å². The maximum atomic E-state index is 10.8. The van der Waals surface area contributed by atoms with E-state index in [0.29, 0.717) is 4.90 Å². The van der Waals surface area contributed by atoms with E-state index in [4.69, 9.17) is 0 Å². The van der Waals surface area contributed by atoms with Gasteiger partial charge in [-0.2, -0.15) is 0 Å². The fraction of sp³-hybridized carbons (Fsp3) is 0. The van der Waals surface area contributed by atoms with Gasteiger partial charge in [-0.3, -0.25) is 10.1 Å². The van der Waals surface area contributed by atoms with Crippen molar-refractivity contribution in [1.29, 1.82) is 0 Å². The molecule has 4 heteroatoms. The van der Waals surface area contributed by atoms with Crippen molar-refractivity contribution < 1.29 is 4.92 Å². The first kappa shape index (κ1) is 10.7. The van der Waals surface area contributed by atoms with Gasteiger partial charge >= 0.3 is 0 Å². The summed E-state index contributed by atoms with van der Waals surface area (Å²) in [6, 6.07) is 17.0. The zero-order chi connectivity index (χ0) is 11.4. The standard InChI is InChI=1S/C12H8NO2S/c14-13(15)11-8-4-5-9-12(11)16-10-6-2-1-3-7-10/h2-9H. The number of nitro benzene ring substituents is 1. The fourth-order valence-electron chi connectivity index (χ4n) is 1.26. The van der Waals surface area contributed by atoms with Crippen LogP contribution in [0.3, 0.4) is 0 Å². The monoisotopic (exact) mass is 230 g/mol.